The molecule has 7 heteroatoms. The average Bonchev–Trinajstić information content (AvgIpc) is 2.78. The van der Waals surface area contributed by atoms with Crippen LogP contribution in [0.15, 0.2) is 29.5 Å². The van der Waals surface area contributed by atoms with E-state index in [1.165, 1.54) is 32.1 Å². The van der Waals surface area contributed by atoms with Gasteiger partial charge in [0.2, 0.25) is 0 Å². The van der Waals surface area contributed by atoms with Gasteiger partial charge in [0.15, 0.2) is 11.5 Å². The number of unbranched alkanes of at least 4 members (excludes halogenated alkanes) is 6. The zero-order valence-electron chi connectivity index (χ0n) is 20.8. The highest BCUT2D eigenvalue weighted by Gasteiger charge is 2.32. The summed E-state index contributed by atoms with van der Waals surface area (Å²) < 4.78 is 16.9. The molecule has 0 saturated carbocycles. The van der Waals surface area contributed by atoms with Crippen LogP contribution in [-0.2, 0) is 9.53 Å². The number of methoxy groups -OCH3 is 1. The maximum Gasteiger partial charge on any atom is 0.338 e. The summed E-state index contributed by atoms with van der Waals surface area (Å²) in [4.78, 5) is 24.9. The largest absolute Gasteiger partial charge is 0.493 e. The molecule has 2 rings (SSSR count). The van der Waals surface area contributed by atoms with Crippen molar-refractivity contribution in [2.75, 3.05) is 20.3 Å². The van der Waals surface area contributed by atoms with Gasteiger partial charge in [-0.3, -0.25) is 0 Å². The summed E-state index contributed by atoms with van der Waals surface area (Å²) >= 11 is 0. The number of nitrogens with one attached hydrogen (secondary N) is 2. The fourth-order valence-electron chi connectivity index (χ4n) is 3.76. The third-order valence-electron chi connectivity index (χ3n) is 5.56. The average molecular weight is 461 g/mol. The van der Waals surface area contributed by atoms with Gasteiger partial charge in [-0.2, -0.15) is 0 Å². The van der Waals surface area contributed by atoms with Gasteiger partial charge in [0.1, 0.15) is 0 Å². The number of hydrogen-bond acceptors (Lipinski definition) is 5. The molecule has 1 aliphatic rings. The SMILES string of the molecule is CCCCCCCCCOc1ccc(C2NC(=O)NC(C)=C2C(=O)OCC(C)C)cc1OC. The minimum atomic E-state index is -0.635. The fourth-order valence-corrected chi connectivity index (χ4v) is 3.76. The van der Waals surface area contributed by atoms with Crippen molar-refractivity contribution in [3.8, 4) is 11.5 Å². The van der Waals surface area contributed by atoms with Crippen LogP contribution in [0.4, 0.5) is 4.79 Å². The van der Waals surface area contributed by atoms with Gasteiger partial charge in [-0.05, 0) is 37.0 Å². The van der Waals surface area contributed by atoms with E-state index in [4.69, 9.17) is 14.2 Å². The van der Waals surface area contributed by atoms with Gasteiger partial charge in [-0.1, -0.05) is 65.4 Å². The van der Waals surface area contributed by atoms with E-state index in [0.29, 0.717) is 36.0 Å². The molecule has 0 radical (unpaired) electrons. The molecule has 1 aromatic carbocycles. The number of allylic oxidation sites excluding steroid dienone is 1. The minimum absolute atomic E-state index is 0.215. The number of benzene rings is 1. The Morgan fingerprint density at radius 3 is 2.42 bits per heavy atom. The maximum absolute atomic E-state index is 12.8. The molecule has 33 heavy (non-hydrogen) atoms. The Morgan fingerprint density at radius 2 is 1.76 bits per heavy atom. The van der Waals surface area contributed by atoms with Crippen LogP contribution < -0.4 is 20.1 Å². The van der Waals surface area contributed by atoms with Crippen molar-refractivity contribution in [1.82, 2.24) is 10.6 Å². The molecule has 2 amide bonds. The molecule has 184 valence electrons. The van der Waals surface area contributed by atoms with E-state index in [1.807, 2.05) is 26.0 Å². The van der Waals surface area contributed by atoms with Crippen LogP contribution >= 0.6 is 0 Å². The summed E-state index contributed by atoms with van der Waals surface area (Å²) in [6.07, 6.45) is 8.53. The molecule has 0 fully saturated rings. The lowest BCUT2D eigenvalue weighted by atomic mass is 9.95. The lowest BCUT2D eigenvalue weighted by molar-refractivity contribution is -0.140. The van der Waals surface area contributed by atoms with Crippen LogP contribution in [0.25, 0.3) is 0 Å². The molecule has 1 aromatic rings. The van der Waals surface area contributed by atoms with E-state index < -0.39 is 12.0 Å². The molecule has 0 aliphatic carbocycles. The first-order valence-corrected chi connectivity index (χ1v) is 12.1. The summed E-state index contributed by atoms with van der Waals surface area (Å²) in [5.74, 6) is 0.983. The summed E-state index contributed by atoms with van der Waals surface area (Å²) in [6.45, 7) is 8.81. The van der Waals surface area contributed by atoms with Crippen LogP contribution in [0.5, 0.6) is 11.5 Å². The number of urea groups is 1. The van der Waals surface area contributed by atoms with Crippen LogP contribution in [0.2, 0.25) is 0 Å². The van der Waals surface area contributed by atoms with Gasteiger partial charge in [0.25, 0.3) is 0 Å². The monoisotopic (exact) mass is 460 g/mol. The molecule has 0 saturated heterocycles. The van der Waals surface area contributed by atoms with Gasteiger partial charge >= 0.3 is 12.0 Å². The van der Waals surface area contributed by atoms with Crippen LogP contribution in [0, 0.1) is 5.92 Å². The summed E-state index contributed by atoms with van der Waals surface area (Å²) in [5, 5.41) is 5.49. The van der Waals surface area contributed by atoms with E-state index >= 15 is 0 Å². The summed E-state index contributed by atoms with van der Waals surface area (Å²) in [5.41, 5.74) is 1.59. The number of carbonyl (C=O) groups is 2. The van der Waals surface area contributed by atoms with Crippen molar-refractivity contribution < 1.29 is 23.8 Å². The predicted molar refractivity (Wildman–Crippen MR) is 129 cm³/mol. The quantitative estimate of drug-likeness (QED) is 0.277. The molecule has 1 aliphatic heterocycles. The molecule has 2 N–H and O–H groups in total. The number of amides is 2. The van der Waals surface area contributed by atoms with Gasteiger partial charge < -0.3 is 24.8 Å². The second kappa shape index (κ2) is 13.8. The van der Waals surface area contributed by atoms with Crippen LogP contribution in [-0.4, -0.2) is 32.3 Å². The molecule has 1 unspecified atom stereocenters. The van der Waals surface area contributed by atoms with Crippen molar-refractivity contribution in [2.24, 2.45) is 5.92 Å². The Balaban J connectivity index is 2.06. The number of rotatable bonds is 14. The number of hydrogen-bond donors (Lipinski definition) is 2. The van der Waals surface area contributed by atoms with Gasteiger partial charge in [0, 0.05) is 5.70 Å². The van der Waals surface area contributed by atoms with E-state index in [1.54, 1.807) is 20.1 Å². The Hall–Kier alpha value is -2.70. The lowest BCUT2D eigenvalue weighted by Crippen LogP contribution is -2.45. The van der Waals surface area contributed by atoms with Crippen molar-refractivity contribution in [1.29, 1.82) is 0 Å². The molecule has 0 bridgehead atoms. The van der Waals surface area contributed by atoms with Crippen molar-refractivity contribution in [2.45, 2.75) is 78.7 Å². The van der Waals surface area contributed by atoms with Crippen molar-refractivity contribution in [3.05, 3.63) is 35.0 Å². The number of ether oxygens (including phenoxy) is 3. The van der Waals surface area contributed by atoms with E-state index in [0.717, 1.165) is 18.4 Å². The van der Waals surface area contributed by atoms with E-state index in [9.17, 15) is 9.59 Å². The second-order valence-electron chi connectivity index (χ2n) is 8.94. The van der Waals surface area contributed by atoms with Crippen LogP contribution in [0.1, 0.15) is 84.2 Å². The first kappa shape index (κ1) is 26.6. The Morgan fingerprint density at radius 1 is 1.06 bits per heavy atom. The molecular formula is C26H40N2O5. The standard InChI is InChI=1S/C26H40N2O5/c1-6-7-8-9-10-11-12-15-32-21-14-13-20(16-22(21)31-5)24-23(19(4)27-26(30)28-24)25(29)33-17-18(2)3/h13-14,16,18,24H,6-12,15,17H2,1-5H3,(H2,27,28,30). The highest BCUT2D eigenvalue weighted by Crippen LogP contribution is 2.34. The van der Waals surface area contributed by atoms with Crippen LogP contribution in [0.3, 0.4) is 0 Å². The third kappa shape index (κ3) is 8.30. The summed E-state index contributed by atoms with van der Waals surface area (Å²) in [7, 11) is 1.58. The first-order valence-electron chi connectivity index (χ1n) is 12.1. The molecular weight excluding hydrogens is 420 g/mol. The molecule has 1 heterocycles. The van der Waals surface area contributed by atoms with Gasteiger partial charge in [-0.15, -0.1) is 0 Å². The first-order chi connectivity index (χ1) is 15.9. The third-order valence-corrected chi connectivity index (χ3v) is 5.56. The highest BCUT2D eigenvalue weighted by atomic mass is 16.5. The zero-order chi connectivity index (χ0) is 24.2. The molecule has 0 aromatic heterocycles. The number of carbonyl (C=O) groups excluding carboxylic acids is 2. The lowest BCUT2D eigenvalue weighted by Gasteiger charge is -2.28. The number of esters is 1. The smallest absolute Gasteiger partial charge is 0.338 e. The highest BCUT2D eigenvalue weighted by molar-refractivity contribution is 5.95. The topological polar surface area (TPSA) is 85.9 Å². The van der Waals surface area contributed by atoms with Crippen molar-refractivity contribution >= 4 is 12.0 Å². The minimum Gasteiger partial charge on any atom is -0.493 e. The second-order valence-corrected chi connectivity index (χ2v) is 8.94. The van der Waals surface area contributed by atoms with Gasteiger partial charge in [-0.25, -0.2) is 9.59 Å². The Kier molecular flexibility index (Phi) is 11.1. The van der Waals surface area contributed by atoms with E-state index in [2.05, 4.69) is 17.6 Å². The Labute approximate surface area is 198 Å². The molecule has 1 atom stereocenters. The van der Waals surface area contributed by atoms with E-state index in [-0.39, 0.29) is 11.9 Å². The molecule has 0 spiro atoms. The fraction of sp³-hybridized carbons (Fsp3) is 0.615. The maximum atomic E-state index is 12.8. The zero-order valence-corrected chi connectivity index (χ0v) is 20.8. The normalized spacial score (nSPS) is 15.8. The van der Waals surface area contributed by atoms with Gasteiger partial charge in [0.05, 0.1) is 31.9 Å². The molecule has 7 nitrogen and oxygen atoms in total. The predicted octanol–water partition coefficient (Wildman–Crippen LogP) is 5.65. The Bertz CT molecular complexity index is 819. The summed E-state index contributed by atoms with van der Waals surface area (Å²) in [6, 6.07) is 4.48. The van der Waals surface area contributed by atoms with Crippen molar-refractivity contribution in [3.63, 3.8) is 0 Å².